The van der Waals surface area contributed by atoms with Crippen molar-refractivity contribution in [1.82, 2.24) is 24.8 Å². The second kappa shape index (κ2) is 10.9. The molecule has 2 aliphatic rings. The Labute approximate surface area is 215 Å². The summed E-state index contributed by atoms with van der Waals surface area (Å²) in [5, 5.41) is 8.37. The average molecular weight is 503 g/mol. The monoisotopic (exact) mass is 502 g/mol. The number of hydrogen-bond acceptors (Lipinski definition) is 8. The second-order valence-corrected chi connectivity index (χ2v) is 9.23. The van der Waals surface area contributed by atoms with Crippen LogP contribution in [0.4, 0.5) is 0 Å². The standard InChI is InChI=1S/C27H30N6O4/c1-19(34)32-14-12-31(13-15-32)18-25-28-26(30-37-25)24-16-21(29-36-2)17-33(24)27(35)23-11-7-6-10-22(23)20-8-4-3-5-9-20/h3-11,24H,12-18H2,1-2H3. The molecule has 3 aromatic rings. The van der Waals surface area contributed by atoms with Gasteiger partial charge in [-0.3, -0.25) is 14.5 Å². The maximum atomic E-state index is 13.9. The first-order valence-electron chi connectivity index (χ1n) is 12.4. The minimum Gasteiger partial charge on any atom is -0.399 e. The number of benzene rings is 2. The van der Waals surface area contributed by atoms with Gasteiger partial charge in [0, 0.05) is 45.1 Å². The average Bonchev–Trinajstić information content (AvgIpc) is 3.56. The van der Waals surface area contributed by atoms with E-state index in [1.807, 2.05) is 59.5 Å². The lowest BCUT2D eigenvalue weighted by Crippen LogP contribution is -2.47. The summed E-state index contributed by atoms with van der Waals surface area (Å²) in [4.78, 5) is 40.9. The summed E-state index contributed by atoms with van der Waals surface area (Å²) >= 11 is 0. The molecule has 10 heteroatoms. The van der Waals surface area contributed by atoms with Gasteiger partial charge < -0.3 is 19.2 Å². The highest BCUT2D eigenvalue weighted by atomic mass is 16.6. The fourth-order valence-electron chi connectivity index (χ4n) is 4.92. The van der Waals surface area contributed by atoms with E-state index < -0.39 is 6.04 Å². The molecule has 2 amide bonds. The van der Waals surface area contributed by atoms with Gasteiger partial charge >= 0.3 is 0 Å². The van der Waals surface area contributed by atoms with Gasteiger partial charge in [-0.15, -0.1) is 0 Å². The highest BCUT2D eigenvalue weighted by Gasteiger charge is 2.38. The van der Waals surface area contributed by atoms with Gasteiger partial charge in [-0.1, -0.05) is 58.8 Å². The quantitative estimate of drug-likeness (QED) is 0.477. The van der Waals surface area contributed by atoms with Crippen LogP contribution in [0.3, 0.4) is 0 Å². The second-order valence-electron chi connectivity index (χ2n) is 9.23. The van der Waals surface area contributed by atoms with Gasteiger partial charge in [0.15, 0.2) is 5.82 Å². The van der Waals surface area contributed by atoms with Crippen molar-refractivity contribution in [3.8, 4) is 11.1 Å². The Morgan fingerprint density at radius 2 is 1.78 bits per heavy atom. The van der Waals surface area contributed by atoms with Crippen LogP contribution < -0.4 is 0 Å². The van der Waals surface area contributed by atoms with Crippen LogP contribution in [0.5, 0.6) is 0 Å². The van der Waals surface area contributed by atoms with Crippen molar-refractivity contribution in [1.29, 1.82) is 0 Å². The fourth-order valence-corrected chi connectivity index (χ4v) is 4.92. The Morgan fingerprint density at radius 3 is 2.51 bits per heavy atom. The normalized spacial score (nSPS) is 19.4. The SMILES string of the molecule is CON=C1CC(c2noc(CN3CCN(C(C)=O)CC3)n2)N(C(=O)c2ccccc2-c2ccccc2)C1. The van der Waals surface area contributed by atoms with Crippen LogP contribution >= 0.6 is 0 Å². The Morgan fingerprint density at radius 1 is 1.05 bits per heavy atom. The van der Waals surface area contributed by atoms with E-state index in [1.165, 1.54) is 7.11 Å². The zero-order valence-electron chi connectivity index (χ0n) is 21.0. The molecule has 1 atom stereocenters. The molecule has 10 nitrogen and oxygen atoms in total. The molecule has 2 fully saturated rings. The zero-order chi connectivity index (χ0) is 25.8. The van der Waals surface area contributed by atoms with Gasteiger partial charge in [-0.2, -0.15) is 4.98 Å². The molecule has 2 aromatic carbocycles. The smallest absolute Gasteiger partial charge is 0.255 e. The van der Waals surface area contributed by atoms with Crippen molar-refractivity contribution in [3.63, 3.8) is 0 Å². The van der Waals surface area contributed by atoms with Crippen molar-refractivity contribution < 1.29 is 18.9 Å². The molecule has 1 unspecified atom stereocenters. The lowest BCUT2D eigenvalue weighted by Gasteiger charge is -2.33. The third kappa shape index (κ3) is 5.39. The van der Waals surface area contributed by atoms with Crippen LogP contribution in [0, 0.1) is 0 Å². The van der Waals surface area contributed by atoms with Crippen molar-refractivity contribution in [2.24, 2.45) is 5.16 Å². The van der Waals surface area contributed by atoms with Crippen molar-refractivity contribution >= 4 is 17.5 Å². The number of aromatic nitrogens is 2. The van der Waals surface area contributed by atoms with E-state index >= 15 is 0 Å². The summed E-state index contributed by atoms with van der Waals surface area (Å²) in [5.41, 5.74) is 3.18. The Kier molecular flexibility index (Phi) is 7.27. The summed E-state index contributed by atoms with van der Waals surface area (Å²) in [7, 11) is 1.50. The summed E-state index contributed by atoms with van der Waals surface area (Å²) in [5.74, 6) is 0.898. The molecule has 192 valence electrons. The van der Waals surface area contributed by atoms with Crippen molar-refractivity contribution in [2.75, 3.05) is 39.8 Å². The largest absolute Gasteiger partial charge is 0.399 e. The number of piperazine rings is 1. The molecule has 2 aliphatic heterocycles. The topological polar surface area (TPSA) is 104 Å². The number of carbonyl (C=O) groups is 2. The molecule has 0 radical (unpaired) electrons. The van der Waals surface area contributed by atoms with Crippen LogP contribution in [0.1, 0.15) is 41.5 Å². The summed E-state index contributed by atoms with van der Waals surface area (Å²) in [6.07, 6.45) is 0.462. The van der Waals surface area contributed by atoms with E-state index in [4.69, 9.17) is 9.36 Å². The Bertz CT molecular complexity index is 1280. The molecule has 37 heavy (non-hydrogen) atoms. The number of oxime groups is 1. The fraction of sp³-hybridized carbons (Fsp3) is 0.370. The van der Waals surface area contributed by atoms with Crippen LogP contribution in [0.25, 0.3) is 11.1 Å². The first-order valence-corrected chi connectivity index (χ1v) is 12.4. The van der Waals surface area contributed by atoms with Crippen molar-refractivity contribution in [3.05, 3.63) is 71.9 Å². The molecule has 3 heterocycles. The highest BCUT2D eigenvalue weighted by molar-refractivity contribution is 6.04. The Hall–Kier alpha value is -4.05. The molecule has 0 aliphatic carbocycles. The molecule has 0 bridgehead atoms. The summed E-state index contributed by atoms with van der Waals surface area (Å²) in [6.45, 7) is 5.25. The highest BCUT2D eigenvalue weighted by Crippen LogP contribution is 2.33. The number of hydrogen-bond donors (Lipinski definition) is 0. The molecule has 1 aromatic heterocycles. The molecular weight excluding hydrogens is 472 g/mol. The Balaban J connectivity index is 1.37. The van der Waals surface area contributed by atoms with Crippen LogP contribution in [-0.2, 0) is 16.2 Å². The number of rotatable bonds is 6. The number of likely N-dealkylation sites (tertiary alicyclic amines) is 1. The van der Waals surface area contributed by atoms with Gasteiger partial charge in [0.25, 0.3) is 5.91 Å². The third-order valence-corrected chi connectivity index (χ3v) is 6.84. The number of carbonyl (C=O) groups excluding carboxylic acids is 2. The van der Waals surface area contributed by atoms with Crippen LogP contribution in [0.15, 0.2) is 64.3 Å². The first kappa shape index (κ1) is 24.6. The summed E-state index contributed by atoms with van der Waals surface area (Å²) in [6, 6.07) is 17.0. The van der Waals surface area contributed by atoms with E-state index in [0.29, 0.717) is 49.9 Å². The minimum absolute atomic E-state index is 0.0908. The lowest BCUT2D eigenvalue weighted by molar-refractivity contribution is -0.130. The minimum atomic E-state index is -0.419. The van der Waals surface area contributed by atoms with Gasteiger partial charge in [-0.05, 0) is 17.2 Å². The molecule has 0 saturated carbocycles. The van der Waals surface area contributed by atoms with E-state index in [0.717, 1.165) is 29.9 Å². The molecule has 0 N–H and O–H groups in total. The molecule has 5 rings (SSSR count). The van der Waals surface area contributed by atoms with E-state index in [-0.39, 0.29) is 11.8 Å². The maximum Gasteiger partial charge on any atom is 0.255 e. The van der Waals surface area contributed by atoms with Crippen molar-refractivity contribution in [2.45, 2.75) is 25.9 Å². The van der Waals surface area contributed by atoms with Gasteiger partial charge in [0.1, 0.15) is 13.2 Å². The molecular formula is C27H30N6O4. The third-order valence-electron chi connectivity index (χ3n) is 6.84. The maximum absolute atomic E-state index is 13.9. The van der Waals surface area contributed by atoms with Gasteiger partial charge in [-0.25, -0.2) is 0 Å². The first-order chi connectivity index (χ1) is 18.0. The van der Waals surface area contributed by atoms with E-state index in [9.17, 15) is 9.59 Å². The van der Waals surface area contributed by atoms with Crippen LogP contribution in [0.2, 0.25) is 0 Å². The van der Waals surface area contributed by atoms with Crippen LogP contribution in [-0.4, -0.2) is 82.2 Å². The predicted molar refractivity (Wildman–Crippen MR) is 137 cm³/mol. The molecule has 0 spiro atoms. The van der Waals surface area contributed by atoms with E-state index in [1.54, 1.807) is 11.8 Å². The number of amides is 2. The van der Waals surface area contributed by atoms with E-state index in [2.05, 4.69) is 20.2 Å². The predicted octanol–water partition coefficient (Wildman–Crippen LogP) is 2.99. The lowest BCUT2D eigenvalue weighted by atomic mass is 9.98. The van der Waals surface area contributed by atoms with Gasteiger partial charge in [0.05, 0.1) is 18.8 Å². The summed E-state index contributed by atoms with van der Waals surface area (Å²) < 4.78 is 5.58. The molecule has 2 saturated heterocycles. The van der Waals surface area contributed by atoms with Gasteiger partial charge in [0.2, 0.25) is 11.8 Å². The zero-order valence-corrected chi connectivity index (χ0v) is 21.0. The number of nitrogens with zero attached hydrogens (tertiary/aromatic N) is 6.